The fourth-order valence-electron chi connectivity index (χ4n) is 2.43. The van der Waals surface area contributed by atoms with Crippen LogP contribution in [0, 0.1) is 5.92 Å². The molecule has 4 heteroatoms. The largest absolute Gasteiger partial charge is 0.481 e. The lowest BCUT2D eigenvalue weighted by molar-refractivity contribution is -0.140. The quantitative estimate of drug-likeness (QED) is 0.797. The van der Waals surface area contributed by atoms with Gasteiger partial charge in [0.2, 0.25) is 0 Å². The molecule has 0 spiro atoms. The summed E-state index contributed by atoms with van der Waals surface area (Å²) >= 11 is 0. The Bertz CT molecular complexity index is 439. The third-order valence-corrected chi connectivity index (χ3v) is 3.83. The van der Waals surface area contributed by atoms with Crippen molar-refractivity contribution in [3.8, 4) is 0 Å². The molecule has 0 fully saturated rings. The zero-order valence-electron chi connectivity index (χ0n) is 13.8. The van der Waals surface area contributed by atoms with Gasteiger partial charge in [-0.05, 0) is 52.0 Å². The monoisotopic (exact) mass is 292 g/mol. The van der Waals surface area contributed by atoms with Crippen molar-refractivity contribution in [3.05, 3.63) is 24.3 Å². The molecule has 1 aromatic carbocycles. The van der Waals surface area contributed by atoms with Gasteiger partial charge in [0.15, 0.2) is 0 Å². The first-order valence-electron chi connectivity index (χ1n) is 7.75. The van der Waals surface area contributed by atoms with E-state index in [2.05, 4.69) is 61.8 Å². The highest BCUT2D eigenvalue weighted by molar-refractivity contribution is 5.70. The lowest BCUT2D eigenvalue weighted by atomic mass is 10.1. The first-order valence-corrected chi connectivity index (χ1v) is 7.75. The molecule has 4 nitrogen and oxygen atoms in total. The van der Waals surface area contributed by atoms with Gasteiger partial charge in [-0.3, -0.25) is 4.79 Å². The van der Waals surface area contributed by atoms with E-state index >= 15 is 0 Å². The van der Waals surface area contributed by atoms with E-state index in [1.165, 1.54) is 5.69 Å². The van der Waals surface area contributed by atoms with Crippen LogP contribution in [-0.4, -0.2) is 36.8 Å². The number of nitrogens with zero attached hydrogens (tertiary/aromatic N) is 2. The third-order valence-electron chi connectivity index (χ3n) is 3.83. The molecule has 0 amide bonds. The minimum Gasteiger partial charge on any atom is -0.481 e. The molecule has 1 atom stereocenters. The van der Waals surface area contributed by atoms with Crippen LogP contribution >= 0.6 is 0 Å². The minimum atomic E-state index is -0.750. The number of aliphatic carboxylic acids is 1. The molecule has 0 radical (unpaired) electrons. The standard InChI is InChI=1S/C17H28N2O2/c1-6-18(7-2)15-8-10-16(11-9-15)19(13(3)4)12-14(5)17(20)21/h8-11,13-14H,6-7,12H2,1-5H3,(H,20,21). The fraction of sp³-hybridized carbons (Fsp3) is 0.588. The summed E-state index contributed by atoms with van der Waals surface area (Å²) in [6.07, 6.45) is 0. The molecule has 0 aliphatic carbocycles. The van der Waals surface area contributed by atoms with Crippen LogP contribution in [0.4, 0.5) is 11.4 Å². The Kier molecular flexibility index (Phi) is 6.53. The van der Waals surface area contributed by atoms with Crippen LogP contribution in [-0.2, 0) is 4.79 Å². The zero-order valence-corrected chi connectivity index (χ0v) is 13.8. The van der Waals surface area contributed by atoms with Crippen LogP contribution < -0.4 is 9.80 Å². The predicted molar refractivity (Wildman–Crippen MR) is 89.3 cm³/mol. The fourth-order valence-corrected chi connectivity index (χ4v) is 2.43. The van der Waals surface area contributed by atoms with Crippen molar-refractivity contribution in [2.24, 2.45) is 5.92 Å². The van der Waals surface area contributed by atoms with Crippen molar-refractivity contribution in [2.45, 2.75) is 40.7 Å². The van der Waals surface area contributed by atoms with E-state index in [0.717, 1.165) is 18.8 Å². The molecular formula is C17H28N2O2. The number of carboxylic acid groups (broad SMARTS) is 1. The van der Waals surface area contributed by atoms with Crippen LogP contribution in [0.15, 0.2) is 24.3 Å². The number of hydrogen-bond acceptors (Lipinski definition) is 3. The van der Waals surface area contributed by atoms with E-state index < -0.39 is 5.97 Å². The number of anilines is 2. The highest BCUT2D eigenvalue weighted by Crippen LogP contribution is 2.23. The number of carboxylic acids is 1. The summed E-state index contributed by atoms with van der Waals surface area (Å²) in [4.78, 5) is 15.5. The van der Waals surface area contributed by atoms with Crippen LogP contribution in [0.2, 0.25) is 0 Å². The Balaban J connectivity index is 2.92. The molecule has 0 heterocycles. The van der Waals surface area contributed by atoms with Crippen molar-refractivity contribution in [3.63, 3.8) is 0 Å². The predicted octanol–water partition coefficient (Wildman–Crippen LogP) is 3.47. The van der Waals surface area contributed by atoms with E-state index in [1.54, 1.807) is 6.92 Å². The topological polar surface area (TPSA) is 43.8 Å². The van der Waals surface area contributed by atoms with E-state index in [0.29, 0.717) is 6.54 Å². The van der Waals surface area contributed by atoms with Gasteiger partial charge >= 0.3 is 5.97 Å². The number of carbonyl (C=O) groups is 1. The van der Waals surface area contributed by atoms with Crippen LogP contribution in [0.3, 0.4) is 0 Å². The summed E-state index contributed by atoms with van der Waals surface area (Å²) in [6, 6.07) is 8.67. The van der Waals surface area contributed by atoms with Crippen molar-refractivity contribution in [1.82, 2.24) is 0 Å². The molecule has 1 unspecified atom stereocenters. The van der Waals surface area contributed by atoms with E-state index in [9.17, 15) is 4.79 Å². The minimum absolute atomic E-state index is 0.270. The molecule has 0 saturated carbocycles. The Labute approximate surface area is 128 Å². The van der Waals surface area contributed by atoms with Crippen LogP contribution in [0.25, 0.3) is 0 Å². The van der Waals surface area contributed by atoms with E-state index in [-0.39, 0.29) is 12.0 Å². The zero-order chi connectivity index (χ0) is 16.0. The van der Waals surface area contributed by atoms with Crippen molar-refractivity contribution in [2.75, 3.05) is 29.4 Å². The molecular weight excluding hydrogens is 264 g/mol. The lowest BCUT2D eigenvalue weighted by Crippen LogP contribution is -2.37. The molecule has 1 N–H and O–H groups in total. The maximum Gasteiger partial charge on any atom is 0.308 e. The molecule has 0 aromatic heterocycles. The average molecular weight is 292 g/mol. The molecule has 0 saturated heterocycles. The molecule has 1 aromatic rings. The molecule has 1 rings (SSSR count). The van der Waals surface area contributed by atoms with Gasteiger partial charge in [-0.2, -0.15) is 0 Å². The molecule has 21 heavy (non-hydrogen) atoms. The molecule has 0 aliphatic rings. The Morgan fingerprint density at radius 3 is 1.90 bits per heavy atom. The van der Waals surface area contributed by atoms with Gasteiger partial charge in [0.25, 0.3) is 0 Å². The van der Waals surface area contributed by atoms with Gasteiger partial charge in [-0.15, -0.1) is 0 Å². The highest BCUT2D eigenvalue weighted by atomic mass is 16.4. The maximum atomic E-state index is 11.1. The molecule has 0 bridgehead atoms. The maximum absolute atomic E-state index is 11.1. The first kappa shape index (κ1) is 17.3. The van der Waals surface area contributed by atoms with Gasteiger partial charge in [0, 0.05) is 37.1 Å². The Morgan fingerprint density at radius 2 is 1.52 bits per heavy atom. The summed E-state index contributed by atoms with van der Waals surface area (Å²) in [5, 5.41) is 9.11. The summed E-state index contributed by atoms with van der Waals surface area (Å²) in [5.41, 5.74) is 2.28. The van der Waals surface area contributed by atoms with Gasteiger partial charge in [0.05, 0.1) is 5.92 Å². The van der Waals surface area contributed by atoms with Crippen LogP contribution in [0.5, 0.6) is 0 Å². The number of rotatable bonds is 8. The van der Waals surface area contributed by atoms with Gasteiger partial charge < -0.3 is 14.9 Å². The van der Waals surface area contributed by atoms with Crippen molar-refractivity contribution in [1.29, 1.82) is 0 Å². The Morgan fingerprint density at radius 1 is 1.05 bits per heavy atom. The summed E-state index contributed by atoms with van der Waals surface area (Å²) in [6.45, 7) is 12.7. The van der Waals surface area contributed by atoms with Crippen molar-refractivity contribution >= 4 is 17.3 Å². The second-order valence-electron chi connectivity index (χ2n) is 5.67. The van der Waals surface area contributed by atoms with Crippen molar-refractivity contribution < 1.29 is 9.90 Å². The lowest BCUT2D eigenvalue weighted by Gasteiger charge is -2.31. The Hall–Kier alpha value is -1.71. The number of benzene rings is 1. The van der Waals surface area contributed by atoms with E-state index in [1.807, 2.05) is 0 Å². The SMILES string of the molecule is CCN(CC)c1ccc(N(CC(C)C(=O)O)C(C)C)cc1. The molecule has 0 aliphatic heterocycles. The average Bonchev–Trinajstić information content (AvgIpc) is 2.46. The second kappa shape index (κ2) is 7.91. The van der Waals surface area contributed by atoms with E-state index in [4.69, 9.17) is 5.11 Å². The molecule has 118 valence electrons. The summed E-state index contributed by atoms with van der Waals surface area (Å²) in [5.74, 6) is -1.13. The first-order chi connectivity index (χ1) is 9.90. The summed E-state index contributed by atoms with van der Waals surface area (Å²) < 4.78 is 0. The highest BCUT2D eigenvalue weighted by Gasteiger charge is 2.19. The third kappa shape index (κ3) is 4.66. The van der Waals surface area contributed by atoms with Crippen LogP contribution in [0.1, 0.15) is 34.6 Å². The van der Waals surface area contributed by atoms with Gasteiger partial charge in [0.1, 0.15) is 0 Å². The summed E-state index contributed by atoms with van der Waals surface area (Å²) in [7, 11) is 0. The second-order valence-corrected chi connectivity index (χ2v) is 5.67. The number of hydrogen-bond donors (Lipinski definition) is 1. The van der Waals surface area contributed by atoms with Gasteiger partial charge in [-0.25, -0.2) is 0 Å². The van der Waals surface area contributed by atoms with Gasteiger partial charge in [-0.1, -0.05) is 6.92 Å². The smallest absolute Gasteiger partial charge is 0.308 e. The normalized spacial score (nSPS) is 12.3.